The highest BCUT2D eigenvalue weighted by Crippen LogP contribution is 2.25. The van der Waals surface area contributed by atoms with Crippen molar-refractivity contribution in [1.29, 1.82) is 0 Å². The van der Waals surface area contributed by atoms with Crippen molar-refractivity contribution in [1.82, 2.24) is 0 Å². The first-order chi connectivity index (χ1) is 9.06. The number of ether oxygens (including phenoxy) is 2. The molecule has 0 aliphatic heterocycles. The molecule has 0 aliphatic carbocycles. The Hall–Kier alpha value is -1.16. The first-order valence-electron chi connectivity index (χ1n) is 6.57. The summed E-state index contributed by atoms with van der Waals surface area (Å²) in [7, 11) is 1.60. The standard InChI is InChI=1S/C16H24O3/c1-12(2)16(19-11-18-4)13(3)10-15(17)14-8-6-5-7-9-14/h5-9,12,15-17H,3,10-11H2,1-2,4H3/t15-,16-/m1/s1. The Morgan fingerprint density at radius 2 is 1.89 bits per heavy atom. The molecule has 0 aromatic heterocycles. The summed E-state index contributed by atoms with van der Waals surface area (Å²) in [4.78, 5) is 0. The Morgan fingerprint density at radius 1 is 1.26 bits per heavy atom. The smallest absolute Gasteiger partial charge is 0.147 e. The average Bonchev–Trinajstić information content (AvgIpc) is 2.39. The van der Waals surface area contributed by atoms with E-state index in [0.29, 0.717) is 12.3 Å². The number of aliphatic hydroxyl groups excluding tert-OH is 1. The second-order valence-corrected chi connectivity index (χ2v) is 5.03. The molecule has 0 bridgehead atoms. The highest BCUT2D eigenvalue weighted by molar-refractivity contribution is 5.20. The lowest BCUT2D eigenvalue weighted by atomic mass is 9.93. The van der Waals surface area contributed by atoms with E-state index in [1.807, 2.05) is 30.3 Å². The van der Waals surface area contributed by atoms with Crippen LogP contribution in [0.15, 0.2) is 42.5 Å². The highest BCUT2D eigenvalue weighted by atomic mass is 16.7. The van der Waals surface area contributed by atoms with Gasteiger partial charge in [0.2, 0.25) is 0 Å². The summed E-state index contributed by atoms with van der Waals surface area (Å²) < 4.78 is 10.6. The molecule has 1 rings (SSSR count). The van der Waals surface area contributed by atoms with Gasteiger partial charge in [-0.25, -0.2) is 0 Å². The van der Waals surface area contributed by atoms with E-state index in [2.05, 4.69) is 20.4 Å². The van der Waals surface area contributed by atoms with Crippen LogP contribution in [-0.4, -0.2) is 25.1 Å². The monoisotopic (exact) mass is 264 g/mol. The van der Waals surface area contributed by atoms with Gasteiger partial charge in [-0.3, -0.25) is 0 Å². The summed E-state index contributed by atoms with van der Waals surface area (Å²) >= 11 is 0. The van der Waals surface area contributed by atoms with Crippen LogP contribution in [0.25, 0.3) is 0 Å². The van der Waals surface area contributed by atoms with Gasteiger partial charge in [0.1, 0.15) is 6.79 Å². The van der Waals surface area contributed by atoms with Crippen LogP contribution in [0, 0.1) is 5.92 Å². The van der Waals surface area contributed by atoms with Gasteiger partial charge in [0, 0.05) is 13.5 Å². The van der Waals surface area contributed by atoms with E-state index >= 15 is 0 Å². The van der Waals surface area contributed by atoms with Crippen molar-refractivity contribution in [2.75, 3.05) is 13.9 Å². The Bertz CT molecular complexity index is 373. The van der Waals surface area contributed by atoms with Gasteiger partial charge in [0.05, 0.1) is 12.2 Å². The van der Waals surface area contributed by atoms with Crippen molar-refractivity contribution in [2.24, 2.45) is 5.92 Å². The maximum atomic E-state index is 10.2. The molecule has 1 aromatic rings. The van der Waals surface area contributed by atoms with Crippen molar-refractivity contribution in [3.8, 4) is 0 Å². The number of methoxy groups -OCH3 is 1. The third kappa shape index (κ3) is 5.15. The van der Waals surface area contributed by atoms with Crippen molar-refractivity contribution < 1.29 is 14.6 Å². The minimum Gasteiger partial charge on any atom is -0.388 e. The molecule has 0 saturated heterocycles. The molecule has 0 radical (unpaired) electrons. The molecular weight excluding hydrogens is 240 g/mol. The van der Waals surface area contributed by atoms with Crippen LogP contribution in [0.4, 0.5) is 0 Å². The quantitative estimate of drug-likeness (QED) is 0.578. The molecule has 0 fully saturated rings. The van der Waals surface area contributed by atoms with Gasteiger partial charge in [-0.1, -0.05) is 50.8 Å². The molecule has 0 amide bonds. The zero-order valence-corrected chi connectivity index (χ0v) is 12.0. The van der Waals surface area contributed by atoms with Crippen LogP contribution < -0.4 is 0 Å². The molecule has 0 unspecified atom stereocenters. The van der Waals surface area contributed by atoms with Gasteiger partial charge in [0.15, 0.2) is 0 Å². The second-order valence-electron chi connectivity index (χ2n) is 5.03. The van der Waals surface area contributed by atoms with E-state index in [0.717, 1.165) is 11.1 Å². The van der Waals surface area contributed by atoms with Crippen LogP contribution in [0.3, 0.4) is 0 Å². The lowest BCUT2D eigenvalue weighted by Gasteiger charge is -2.25. The molecule has 19 heavy (non-hydrogen) atoms. The predicted octanol–water partition coefficient (Wildman–Crippen LogP) is 3.31. The average molecular weight is 264 g/mol. The first kappa shape index (κ1) is 15.9. The van der Waals surface area contributed by atoms with Gasteiger partial charge in [0.25, 0.3) is 0 Å². The SMILES string of the molecule is C=C(C[C@@H](O)c1ccccc1)[C@H](OCOC)C(C)C. The summed E-state index contributed by atoms with van der Waals surface area (Å²) in [5.74, 6) is 0.297. The molecule has 0 saturated carbocycles. The molecule has 1 aromatic carbocycles. The summed E-state index contributed by atoms with van der Waals surface area (Å²) in [5, 5.41) is 10.2. The van der Waals surface area contributed by atoms with E-state index in [4.69, 9.17) is 9.47 Å². The molecule has 0 spiro atoms. The second kappa shape index (κ2) is 8.10. The summed E-state index contributed by atoms with van der Waals surface area (Å²) in [6, 6.07) is 9.60. The lowest BCUT2D eigenvalue weighted by Crippen LogP contribution is -2.24. The first-order valence-corrected chi connectivity index (χ1v) is 6.57. The van der Waals surface area contributed by atoms with Gasteiger partial charge >= 0.3 is 0 Å². The number of hydrogen-bond donors (Lipinski definition) is 1. The topological polar surface area (TPSA) is 38.7 Å². The maximum Gasteiger partial charge on any atom is 0.147 e. The lowest BCUT2D eigenvalue weighted by molar-refractivity contribution is -0.0746. The zero-order chi connectivity index (χ0) is 14.3. The number of aliphatic hydroxyl groups is 1. The van der Waals surface area contributed by atoms with Crippen LogP contribution in [-0.2, 0) is 9.47 Å². The van der Waals surface area contributed by atoms with E-state index in [9.17, 15) is 5.11 Å². The van der Waals surface area contributed by atoms with Crippen LogP contribution in [0.2, 0.25) is 0 Å². The molecule has 106 valence electrons. The van der Waals surface area contributed by atoms with Crippen molar-refractivity contribution in [2.45, 2.75) is 32.5 Å². The predicted molar refractivity (Wildman–Crippen MR) is 76.7 cm³/mol. The number of benzene rings is 1. The Balaban J connectivity index is 2.61. The van der Waals surface area contributed by atoms with Crippen molar-refractivity contribution in [3.63, 3.8) is 0 Å². The maximum absolute atomic E-state index is 10.2. The molecule has 3 nitrogen and oxygen atoms in total. The zero-order valence-electron chi connectivity index (χ0n) is 12.0. The van der Waals surface area contributed by atoms with Crippen LogP contribution >= 0.6 is 0 Å². The summed E-state index contributed by atoms with van der Waals surface area (Å²) in [5.41, 5.74) is 1.79. The van der Waals surface area contributed by atoms with Gasteiger partial charge in [-0.2, -0.15) is 0 Å². The van der Waals surface area contributed by atoms with Crippen molar-refractivity contribution in [3.05, 3.63) is 48.0 Å². The fourth-order valence-electron chi connectivity index (χ4n) is 2.08. The molecule has 0 aliphatic rings. The minimum atomic E-state index is -0.541. The van der Waals surface area contributed by atoms with Gasteiger partial charge in [-0.05, 0) is 17.1 Å². The summed E-state index contributed by atoms with van der Waals surface area (Å²) in [6.07, 6.45) is -0.143. The Kier molecular flexibility index (Phi) is 6.78. The Labute approximate surface area is 115 Å². The molecule has 3 heteroatoms. The molecular formula is C16H24O3. The Morgan fingerprint density at radius 3 is 2.42 bits per heavy atom. The molecule has 2 atom stereocenters. The third-order valence-corrected chi connectivity index (χ3v) is 3.01. The largest absolute Gasteiger partial charge is 0.388 e. The minimum absolute atomic E-state index is 0.0988. The number of hydrogen-bond acceptors (Lipinski definition) is 3. The normalized spacial score (nSPS) is 14.4. The van der Waals surface area contributed by atoms with E-state index in [-0.39, 0.29) is 12.9 Å². The van der Waals surface area contributed by atoms with Crippen LogP contribution in [0.1, 0.15) is 31.9 Å². The van der Waals surface area contributed by atoms with Crippen molar-refractivity contribution >= 4 is 0 Å². The fourth-order valence-corrected chi connectivity index (χ4v) is 2.08. The highest BCUT2D eigenvalue weighted by Gasteiger charge is 2.20. The third-order valence-electron chi connectivity index (χ3n) is 3.01. The van der Waals surface area contributed by atoms with E-state index in [1.165, 1.54) is 0 Å². The summed E-state index contributed by atoms with van der Waals surface area (Å²) in [6.45, 7) is 8.43. The van der Waals surface area contributed by atoms with Gasteiger partial charge < -0.3 is 14.6 Å². The van der Waals surface area contributed by atoms with E-state index in [1.54, 1.807) is 7.11 Å². The molecule has 0 heterocycles. The van der Waals surface area contributed by atoms with Crippen LogP contribution in [0.5, 0.6) is 0 Å². The number of rotatable bonds is 8. The van der Waals surface area contributed by atoms with Gasteiger partial charge in [-0.15, -0.1) is 0 Å². The van der Waals surface area contributed by atoms with E-state index < -0.39 is 6.10 Å². The fraction of sp³-hybridized carbons (Fsp3) is 0.500. The molecule has 1 N–H and O–H groups in total.